The Morgan fingerprint density at radius 3 is 2.81 bits per heavy atom. The first kappa shape index (κ1) is 16.1. The molecule has 4 aromatic rings. The monoisotopic (exact) mass is 343 g/mol. The predicted octanol–water partition coefficient (Wildman–Crippen LogP) is 2.78. The molecule has 0 N–H and O–H groups in total. The highest BCUT2D eigenvalue weighted by molar-refractivity contribution is 5.85. The Morgan fingerprint density at radius 1 is 1.12 bits per heavy atom. The summed E-state index contributed by atoms with van der Waals surface area (Å²) in [7, 11) is 1.88. The van der Waals surface area contributed by atoms with E-state index in [9.17, 15) is 4.79 Å². The van der Waals surface area contributed by atoms with E-state index in [0.29, 0.717) is 6.42 Å². The van der Waals surface area contributed by atoms with Gasteiger partial charge in [0.15, 0.2) is 0 Å². The average Bonchev–Trinajstić information content (AvgIpc) is 3.08. The first-order chi connectivity index (χ1) is 12.7. The van der Waals surface area contributed by atoms with Crippen LogP contribution < -0.4 is 0 Å². The maximum Gasteiger partial charge on any atom is 0.143 e. The second-order valence-electron chi connectivity index (χ2n) is 6.22. The number of rotatable bonds is 5. The molecule has 0 aliphatic carbocycles. The second kappa shape index (κ2) is 6.84. The minimum atomic E-state index is 0.105. The van der Waals surface area contributed by atoms with E-state index in [1.54, 1.807) is 29.5 Å². The molecule has 0 saturated carbocycles. The Hall–Kier alpha value is -3.41. The molecule has 0 atom stereocenters. The first-order valence-electron chi connectivity index (χ1n) is 8.33. The number of Topliss-reactive ketones (excluding diaryl/α,β-unsaturated/α-hetero) is 1. The number of aromatic nitrogens is 5. The number of nitrogens with zero attached hydrogens (tertiary/aromatic N) is 5. The topological polar surface area (TPSA) is 73.6 Å². The van der Waals surface area contributed by atoms with Crippen molar-refractivity contribution in [2.75, 3.05) is 0 Å². The summed E-state index contributed by atoms with van der Waals surface area (Å²) >= 11 is 0. The van der Waals surface area contributed by atoms with Gasteiger partial charge < -0.3 is 0 Å². The van der Waals surface area contributed by atoms with E-state index in [-0.39, 0.29) is 12.2 Å². The number of hydrogen-bond acceptors (Lipinski definition) is 5. The van der Waals surface area contributed by atoms with Crippen LogP contribution in [0.5, 0.6) is 0 Å². The third kappa shape index (κ3) is 3.49. The molecule has 0 saturated heterocycles. The Kier molecular flexibility index (Phi) is 4.23. The van der Waals surface area contributed by atoms with Crippen molar-refractivity contribution in [1.82, 2.24) is 24.7 Å². The Balaban J connectivity index is 1.57. The van der Waals surface area contributed by atoms with Gasteiger partial charge in [-0.05, 0) is 29.8 Å². The fourth-order valence-corrected chi connectivity index (χ4v) is 2.86. The zero-order chi connectivity index (χ0) is 17.9. The second-order valence-corrected chi connectivity index (χ2v) is 6.22. The standard InChI is InChI=1S/C20H17N5O/c1-25-13-16(12-23-25)19-5-4-15-11-22-17(9-20(15)24-19)8-18(26)7-14-3-2-6-21-10-14/h2-6,9-13H,7-8H2,1H3. The van der Waals surface area contributed by atoms with Crippen LogP contribution in [0.25, 0.3) is 22.2 Å². The molecule has 0 aromatic carbocycles. The van der Waals surface area contributed by atoms with Crippen LogP contribution in [-0.4, -0.2) is 30.5 Å². The van der Waals surface area contributed by atoms with Crippen LogP contribution in [0.15, 0.2) is 61.3 Å². The van der Waals surface area contributed by atoms with Crippen molar-refractivity contribution in [1.29, 1.82) is 0 Å². The lowest BCUT2D eigenvalue weighted by atomic mass is 10.1. The fourth-order valence-electron chi connectivity index (χ4n) is 2.86. The zero-order valence-corrected chi connectivity index (χ0v) is 14.3. The summed E-state index contributed by atoms with van der Waals surface area (Å²) < 4.78 is 1.75. The molecule has 0 bridgehead atoms. The number of pyridine rings is 3. The predicted molar refractivity (Wildman–Crippen MR) is 98.4 cm³/mol. The smallest absolute Gasteiger partial charge is 0.143 e. The highest BCUT2D eigenvalue weighted by atomic mass is 16.1. The third-order valence-electron chi connectivity index (χ3n) is 4.13. The molecule has 26 heavy (non-hydrogen) atoms. The van der Waals surface area contributed by atoms with E-state index in [2.05, 4.69) is 15.1 Å². The Morgan fingerprint density at radius 2 is 2.04 bits per heavy atom. The van der Waals surface area contributed by atoms with Gasteiger partial charge in [0.05, 0.1) is 17.4 Å². The van der Waals surface area contributed by atoms with Gasteiger partial charge in [0.25, 0.3) is 0 Å². The lowest BCUT2D eigenvalue weighted by molar-refractivity contribution is -0.117. The molecule has 128 valence electrons. The molecule has 0 aliphatic heterocycles. The van der Waals surface area contributed by atoms with Crippen LogP contribution in [0.3, 0.4) is 0 Å². The van der Waals surface area contributed by atoms with E-state index in [1.165, 1.54) is 0 Å². The largest absolute Gasteiger partial charge is 0.299 e. The van der Waals surface area contributed by atoms with Gasteiger partial charge in [0, 0.05) is 61.3 Å². The van der Waals surface area contributed by atoms with E-state index < -0.39 is 0 Å². The van der Waals surface area contributed by atoms with Crippen molar-refractivity contribution in [3.63, 3.8) is 0 Å². The van der Waals surface area contributed by atoms with E-state index in [0.717, 1.165) is 33.4 Å². The molecule has 4 aromatic heterocycles. The maximum absolute atomic E-state index is 12.3. The van der Waals surface area contributed by atoms with Gasteiger partial charge in [0.2, 0.25) is 0 Å². The SMILES string of the molecule is Cn1cc(-c2ccc3cnc(CC(=O)Cc4cccnc4)cc3n2)cn1. The van der Waals surface area contributed by atoms with Crippen LogP contribution in [0, 0.1) is 0 Å². The van der Waals surface area contributed by atoms with E-state index in [1.807, 2.05) is 43.6 Å². The molecule has 6 nitrogen and oxygen atoms in total. The third-order valence-corrected chi connectivity index (χ3v) is 4.13. The molecule has 0 amide bonds. The summed E-state index contributed by atoms with van der Waals surface area (Å²) in [6.45, 7) is 0. The molecule has 4 rings (SSSR count). The number of ketones is 1. The van der Waals surface area contributed by atoms with Crippen LogP contribution in [-0.2, 0) is 24.7 Å². The Labute approximate surface area is 150 Å². The summed E-state index contributed by atoms with van der Waals surface area (Å²) in [6, 6.07) is 9.56. The lowest BCUT2D eigenvalue weighted by Crippen LogP contribution is -2.08. The zero-order valence-electron chi connectivity index (χ0n) is 14.3. The van der Waals surface area contributed by atoms with Crippen LogP contribution >= 0.6 is 0 Å². The average molecular weight is 343 g/mol. The highest BCUT2D eigenvalue weighted by Gasteiger charge is 2.09. The van der Waals surface area contributed by atoms with Gasteiger partial charge in [-0.3, -0.25) is 19.4 Å². The van der Waals surface area contributed by atoms with Crippen molar-refractivity contribution >= 4 is 16.7 Å². The first-order valence-corrected chi connectivity index (χ1v) is 8.33. The van der Waals surface area contributed by atoms with E-state index in [4.69, 9.17) is 4.98 Å². The highest BCUT2D eigenvalue weighted by Crippen LogP contribution is 2.20. The molecule has 0 radical (unpaired) electrons. The van der Waals surface area contributed by atoms with Crippen LogP contribution in [0.2, 0.25) is 0 Å². The molecule has 6 heteroatoms. The summed E-state index contributed by atoms with van der Waals surface area (Å²) in [5, 5.41) is 5.13. The molecule has 0 unspecified atom stereocenters. The number of carbonyl (C=O) groups is 1. The molecule has 4 heterocycles. The quantitative estimate of drug-likeness (QED) is 0.557. The van der Waals surface area contributed by atoms with Gasteiger partial charge in [-0.1, -0.05) is 6.07 Å². The maximum atomic E-state index is 12.3. The minimum absolute atomic E-state index is 0.105. The van der Waals surface area contributed by atoms with Gasteiger partial charge in [-0.2, -0.15) is 5.10 Å². The molecular weight excluding hydrogens is 326 g/mol. The summed E-state index contributed by atoms with van der Waals surface area (Å²) in [6.07, 6.45) is 9.53. The fraction of sp³-hybridized carbons (Fsp3) is 0.150. The summed E-state index contributed by atoms with van der Waals surface area (Å²) in [5.74, 6) is 0.105. The van der Waals surface area contributed by atoms with Crippen molar-refractivity contribution in [2.24, 2.45) is 7.05 Å². The van der Waals surface area contributed by atoms with Gasteiger partial charge in [0.1, 0.15) is 5.78 Å². The summed E-state index contributed by atoms with van der Waals surface area (Å²) in [5.41, 5.74) is 4.27. The number of carbonyl (C=O) groups excluding carboxylic acids is 1. The molecule has 0 fully saturated rings. The number of aryl methyl sites for hydroxylation is 1. The normalized spacial score (nSPS) is 11.0. The van der Waals surface area contributed by atoms with E-state index >= 15 is 0 Å². The van der Waals surface area contributed by atoms with Crippen molar-refractivity contribution in [3.8, 4) is 11.3 Å². The summed E-state index contributed by atoms with van der Waals surface area (Å²) in [4.78, 5) is 25.4. The van der Waals surface area contributed by atoms with Crippen molar-refractivity contribution in [3.05, 3.63) is 72.6 Å². The van der Waals surface area contributed by atoms with Crippen molar-refractivity contribution < 1.29 is 4.79 Å². The molecule has 0 aliphatic rings. The number of hydrogen-bond donors (Lipinski definition) is 0. The Bertz CT molecular complexity index is 1070. The van der Waals surface area contributed by atoms with Gasteiger partial charge >= 0.3 is 0 Å². The van der Waals surface area contributed by atoms with Gasteiger partial charge in [-0.25, -0.2) is 4.98 Å². The molecule has 0 spiro atoms. The number of fused-ring (bicyclic) bond motifs is 1. The van der Waals surface area contributed by atoms with Gasteiger partial charge in [-0.15, -0.1) is 0 Å². The minimum Gasteiger partial charge on any atom is -0.299 e. The molecular formula is C20H17N5O. The van der Waals surface area contributed by atoms with Crippen LogP contribution in [0.1, 0.15) is 11.3 Å². The van der Waals surface area contributed by atoms with Crippen LogP contribution in [0.4, 0.5) is 0 Å². The van der Waals surface area contributed by atoms with Crippen molar-refractivity contribution in [2.45, 2.75) is 12.8 Å². The lowest BCUT2D eigenvalue weighted by Gasteiger charge is -2.04.